The molecule has 2 amide bonds. The van der Waals surface area contributed by atoms with Crippen LogP contribution in [0.25, 0.3) is 0 Å². The summed E-state index contributed by atoms with van der Waals surface area (Å²) in [5.74, 6) is -0.210. The number of aromatic amines is 1. The third-order valence-electron chi connectivity index (χ3n) is 4.29. The summed E-state index contributed by atoms with van der Waals surface area (Å²) in [4.78, 5) is 40.2. The number of likely N-dealkylation sites (tertiary alicyclic amines) is 1. The number of pyridine rings is 1. The van der Waals surface area contributed by atoms with Crippen molar-refractivity contribution in [2.75, 3.05) is 6.54 Å². The lowest BCUT2D eigenvalue weighted by Gasteiger charge is -2.16. The zero-order valence-electron chi connectivity index (χ0n) is 14.2. The molecule has 1 aliphatic heterocycles. The first kappa shape index (κ1) is 17.0. The molecule has 0 atom stereocenters. The average molecular weight is 339 g/mol. The summed E-state index contributed by atoms with van der Waals surface area (Å²) in [6.45, 7) is 3.49. The Morgan fingerprint density at radius 3 is 2.72 bits per heavy atom. The molecule has 3 rings (SSSR count). The molecule has 130 valence electrons. The molecule has 2 aromatic rings. The van der Waals surface area contributed by atoms with Crippen molar-refractivity contribution in [1.82, 2.24) is 15.2 Å². The third-order valence-corrected chi connectivity index (χ3v) is 4.29. The Bertz CT molecular complexity index is 857. The molecule has 1 aromatic heterocycles. The molecular weight excluding hydrogens is 318 g/mol. The van der Waals surface area contributed by atoms with Gasteiger partial charge >= 0.3 is 0 Å². The van der Waals surface area contributed by atoms with Gasteiger partial charge in [0, 0.05) is 31.7 Å². The van der Waals surface area contributed by atoms with E-state index in [0.717, 1.165) is 24.1 Å². The summed E-state index contributed by atoms with van der Waals surface area (Å²) in [6, 6.07) is 11.0. The van der Waals surface area contributed by atoms with E-state index in [1.807, 2.05) is 29.2 Å². The quantitative estimate of drug-likeness (QED) is 0.870. The van der Waals surface area contributed by atoms with E-state index in [4.69, 9.17) is 0 Å². The highest BCUT2D eigenvalue weighted by Gasteiger charge is 2.20. The minimum absolute atomic E-state index is 0.101. The van der Waals surface area contributed by atoms with E-state index in [1.165, 1.54) is 6.07 Å². The van der Waals surface area contributed by atoms with Crippen LogP contribution in [-0.2, 0) is 17.9 Å². The zero-order chi connectivity index (χ0) is 17.8. The van der Waals surface area contributed by atoms with Crippen molar-refractivity contribution in [3.8, 4) is 0 Å². The second-order valence-corrected chi connectivity index (χ2v) is 6.31. The fourth-order valence-corrected chi connectivity index (χ4v) is 2.96. The number of hydrogen-bond acceptors (Lipinski definition) is 3. The Balaban J connectivity index is 1.63. The molecule has 0 bridgehead atoms. The van der Waals surface area contributed by atoms with Crippen LogP contribution in [0.4, 0.5) is 0 Å². The van der Waals surface area contributed by atoms with Crippen LogP contribution in [0.5, 0.6) is 0 Å². The van der Waals surface area contributed by atoms with Gasteiger partial charge in [-0.1, -0.05) is 24.3 Å². The molecule has 2 N–H and O–H groups in total. The normalized spacial score (nSPS) is 14.0. The second kappa shape index (κ2) is 7.34. The highest BCUT2D eigenvalue weighted by molar-refractivity contribution is 5.93. The number of nitrogens with one attached hydrogen (secondary N) is 2. The minimum Gasteiger partial charge on any atom is -0.348 e. The van der Waals surface area contributed by atoms with Gasteiger partial charge in [0.2, 0.25) is 5.91 Å². The molecule has 0 saturated carbocycles. The van der Waals surface area contributed by atoms with Gasteiger partial charge in [-0.3, -0.25) is 14.4 Å². The molecule has 6 heteroatoms. The van der Waals surface area contributed by atoms with Crippen molar-refractivity contribution in [2.24, 2.45) is 0 Å². The number of H-pyrrole nitrogens is 1. The SMILES string of the molecule is Cc1ccc(C(=O)NCc2cccc(CN3CCCC3=O)c2)c(=O)[nH]1. The van der Waals surface area contributed by atoms with Crippen LogP contribution in [0.1, 0.15) is 40.0 Å². The average Bonchev–Trinajstić information content (AvgIpc) is 2.98. The number of rotatable bonds is 5. The molecule has 1 fully saturated rings. The topological polar surface area (TPSA) is 82.3 Å². The highest BCUT2D eigenvalue weighted by atomic mass is 16.2. The fourth-order valence-electron chi connectivity index (χ4n) is 2.96. The fraction of sp³-hybridized carbons (Fsp3) is 0.316. The molecule has 1 saturated heterocycles. The second-order valence-electron chi connectivity index (χ2n) is 6.31. The van der Waals surface area contributed by atoms with E-state index in [-0.39, 0.29) is 11.5 Å². The number of benzene rings is 1. The largest absolute Gasteiger partial charge is 0.348 e. The van der Waals surface area contributed by atoms with Crippen LogP contribution in [0.2, 0.25) is 0 Å². The van der Waals surface area contributed by atoms with Crippen LogP contribution in [-0.4, -0.2) is 28.2 Å². The van der Waals surface area contributed by atoms with Gasteiger partial charge in [-0.15, -0.1) is 0 Å². The zero-order valence-corrected chi connectivity index (χ0v) is 14.2. The van der Waals surface area contributed by atoms with Crippen LogP contribution < -0.4 is 10.9 Å². The summed E-state index contributed by atoms with van der Waals surface area (Å²) in [5, 5.41) is 2.77. The summed E-state index contributed by atoms with van der Waals surface area (Å²) in [5.41, 5.74) is 2.39. The Morgan fingerprint density at radius 1 is 1.20 bits per heavy atom. The van der Waals surface area contributed by atoms with Crippen molar-refractivity contribution in [1.29, 1.82) is 0 Å². The summed E-state index contributed by atoms with van der Waals surface area (Å²) < 4.78 is 0. The first-order chi connectivity index (χ1) is 12.0. The number of amides is 2. The molecule has 25 heavy (non-hydrogen) atoms. The first-order valence-electron chi connectivity index (χ1n) is 8.36. The molecule has 0 spiro atoms. The molecule has 1 aromatic carbocycles. The lowest BCUT2D eigenvalue weighted by atomic mass is 10.1. The predicted octanol–water partition coefficient (Wildman–Crippen LogP) is 1.74. The van der Waals surface area contributed by atoms with E-state index in [2.05, 4.69) is 10.3 Å². The van der Waals surface area contributed by atoms with E-state index >= 15 is 0 Å². The molecule has 0 aliphatic carbocycles. The maximum Gasteiger partial charge on any atom is 0.260 e. The third kappa shape index (κ3) is 4.15. The maximum atomic E-state index is 12.2. The van der Waals surface area contributed by atoms with Crippen molar-refractivity contribution >= 4 is 11.8 Å². The van der Waals surface area contributed by atoms with Crippen LogP contribution >= 0.6 is 0 Å². The molecule has 0 unspecified atom stereocenters. The molecule has 1 aliphatic rings. The number of carbonyl (C=O) groups is 2. The number of hydrogen-bond donors (Lipinski definition) is 2. The monoisotopic (exact) mass is 339 g/mol. The van der Waals surface area contributed by atoms with Gasteiger partial charge in [0.1, 0.15) is 5.56 Å². The summed E-state index contributed by atoms with van der Waals surface area (Å²) >= 11 is 0. The van der Waals surface area contributed by atoms with Gasteiger partial charge in [-0.25, -0.2) is 0 Å². The number of aromatic nitrogens is 1. The van der Waals surface area contributed by atoms with Gasteiger partial charge in [0.15, 0.2) is 0 Å². The summed E-state index contributed by atoms with van der Waals surface area (Å²) in [6.07, 6.45) is 1.54. The Kier molecular flexibility index (Phi) is 4.97. The number of carbonyl (C=O) groups excluding carboxylic acids is 2. The molecule has 6 nitrogen and oxygen atoms in total. The van der Waals surface area contributed by atoms with Crippen molar-refractivity contribution in [2.45, 2.75) is 32.9 Å². The highest BCUT2D eigenvalue weighted by Crippen LogP contribution is 2.15. The lowest BCUT2D eigenvalue weighted by Crippen LogP contribution is -2.29. The van der Waals surface area contributed by atoms with Gasteiger partial charge in [0.25, 0.3) is 11.5 Å². The Morgan fingerprint density at radius 2 is 2.00 bits per heavy atom. The predicted molar refractivity (Wildman–Crippen MR) is 94.1 cm³/mol. The minimum atomic E-state index is -0.402. The van der Waals surface area contributed by atoms with Crippen LogP contribution in [0.3, 0.4) is 0 Å². The van der Waals surface area contributed by atoms with Crippen molar-refractivity contribution in [3.05, 3.63) is 69.1 Å². The molecule has 2 heterocycles. The maximum absolute atomic E-state index is 12.2. The van der Waals surface area contributed by atoms with E-state index in [1.54, 1.807) is 13.0 Å². The van der Waals surface area contributed by atoms with E-state index < -0.39 is 11.5 Å². The standard InChI is InChI=1S/C19H21N3O3/c1-13-7-8-16(19(25)21-13)18(24)20-11-14-4-2-5-15(10-14)12-22-9-3-6-17(22)23/h2,4-5,7-8,10H,3,6,9,11-12H2,1H3,(H,20,24)(H,21,25). The Hall–Kier alpha value is -2.89. The smallest absolute Gasteiger partial charge is 0.260 e. The van der Waals surface area contributed by atoms with Crippen LogP contribution in [0.15, 0.2) is 41.2 Å². The first-order valence-corrected chi connectivity index (χ1v) is 8.36. The van der Waals surface area contributed by atoms with Gasteiger partial charge in [0.05, 0.1) is 0 Å². The van der Waals surface area contributed by atoms with Gasteiger partial charge in [-0.2, -0.15) is 0 Å². The lowest BCUT2D eigenvalue weighted by molar-refractivity contribution is -0.128. The number of nitrogens with zero attached hydrogens (tertiary/aromatic N) is 1. The van der Waals surface area contributed by atoms with Gasteiger partial charge < -0.3 is 15.2 Å². The van der Waals surface area contributed by atoms with Crippen molar-refractivity contribution < 1.29 is 9.59 Å². The van der Waals surface area contributed by atoms with Crippen LogP contribution in [0, 0.1) is 6.92 Å². The number of aryl methyl sites for hydroxylation is 1. The van der Waals surface area contributed by atoms with E-state index in [9.17, 15) is 14.4 Å². The molecule has 0 radical (unpaired) electrons. The van der Waals surface area contributed by atoms with E-state index in [0.29, 0.717) is 25.2 Å². The summed E-state index contributed by atoms with van der Waals surface area (Å²) in [7, 11) is 0. The van der Waals surface area contributed by atoms with Gasteiger partial charge in [-0.05, 0) is 36.6 Å². The Labute approximate surface area is 145 Å². The molecular formula is C19H21N3O3. The van der Waals surface area contributed by atoms with Crippen molar-refractivity contribution in [3.63, 3.8) is 0 Å².